The Balaban J connectivity index is 4.38. The summed E-state index contributed by atoms with van der Waals surface area (Å²) in [6, 6.07) is 26.0. The van der Waals surface area contributed by atoms with E-state index in [2.05, 4.69) is 72.8 Å². The Morgan fingerprint density at radius 1 is 0.300 bits per heavy atom. The van der Waals surface area contributed by atoms with Crippen molar-refractivity contribution >= 4 is 35.6 Å². The van der Waals surface area contributed by atoms with Crippen LogP contribution in [0.25, 0.3) is 0 Å². The van der Waals surface area contributed by atoms with E-state index < -0.39 is 31.3 Å². The minimum Gasteiger partial charge on any atom is -0.232 e. The van der Waals surface area contributed by atoms with Crippen LogP contribution < -0.4 is 31.3 Å². The molecule has 0 saturated heterocycles. The Labute approximate surface area is 169 Å². The molecule has 0 aliphatic carbocycles. The van der Waals surface area contributed by atoms with E-state index in [0.717, 1.165) is 0 Å². The minimum atomic E-state index is -0.511. The third-order valence-corrected chi connectivity index (χ3v) is 2.67. The first-order valence-electron chi connectivity index (χ1n) is 7.22. The minimum absolute atomic E-state index is 0.511. The predicted molar refractivity (Wildman–Crippen MR) is 91.9 cm³/mol. The topological polar surface area (TPSA) is 102 Å². The van der Waals surface area contributed by atoms with Gasteiger partial charge in [-0.05, 0) is 72.8 Å². The Bertz CT molecular complexity index is 1220. The third kappa shape index (κ3) is 6.41. The average Bonchev–Trinajstić information content (AvgIpc) is 2.77. The summed E-state index contributed by atoms with van der Waals surface area (Å²) in [4.78, 5) is 65.9. The van der Waals surface area contributed by atoms with Gasteiger partial charge in [0.25, 0.3) is 0 Å². The lowest BCUT2D eigenvalue weighted by Crippen LogP contribution is -2.24. The zero-order valence-electron chi connectivity index (χ0n) is 14.4. The van der Waals surface area contributed by atoms with Crippen molar-refractivity contribution in [2.24, 2.45) is 0 Å². The SMILES string of the molecule is O=C=c1c#cc#cc(=C=O)c(=C=O)c#cc#cc(=C=O)c(=C=O)c#cc#cc1=C=O. The van der Waals surface area contributed by atoms with E-state index in [4.69, 9.17) is 0 Å². The van der Waals surface area contributed by atoms with E-state index in [9.17, 15) is 28.8 Å². The molecular weight excluding hydrogens is 384 g/mol. The van der Waals surface area contributed by atoms with E-state index in [1.807, 2.05) is 0 Å². The van der Waals surface area contributed by atoms with Gasteiger partial charge in [-0.25, -0.2) is 28.8 Å². The number of hydrogen-bond acceptors (Lipinski definition) is 6. The maximum absolute atomic E-state index is 11.0. The molecule has 0 aliphatic heterocycles. The maximum Gasteiger partial charge on any atom is 0.143 e. The van der Waals surface area contributed by atoms with Crippen LogP contribution in [-0.2, 0) is 28.8 Å². The van der Waals surface area contributed by atoms with Gasteiger partial charge < -0.3 is 0 Å². The number of carbonyl (C=O) groups excluding carboxylic acids is 6. The van der Waals surface area contributed by atoms with Crippen LogP contribution in [0, 0.1) is 72.8 Å². The molecule has 0 unspecified atom stereocenters. The zero-order chi connectivity index (χ0) is 22.2. The molecule has 132 valence electrons. The highest BCUT2D eigenvalue weighted by molar-refractivity contribution is 5.53. The largest absolute Gasteiger partial charge is 0.232 e. The fraction of sp³-hybridized carbons (Fsp3) is 0. The average molecular weight is 384 g/mol. The molecule has 0 aromatic heterocycles. The molecule has 1 rings (SSSR count). The first-order chi connectivity index (χ1) is 14.6. The van der Waals surface area contributed by atoms with Gasteiger partial charge in [-0.2, -0.15) is 0 Å². The van der Waals surface area contributed by atoms with Crippen LogP contribution in [0.3, 0.4) is 0 Å². The summed E-state index contributed by atoms with van der Waals surface area (Å²) in [6.07, 6.45) is 0. The molecule has 0 bridgehead atoms. The fourth-order valence-electron chi connectivity index (χ4n) is 1.40. The molecule has 1 aromatic carbocycles. The molecule has 6 nitrogen and oxygen atoms in total. The monoisotopic (exact) mass is 384 g/mol. The van der Waals surface area contributed by atoms with E-state index in [1.54, 1.807) is 0 Å². The van der Waals surface area contributed by atoms with Gasteiger partial charge in [0.1, 0.15) is 67.0 Å². The molecule has 0 aliphatic rings. The summed E-state index contributed by atoms with van der Waals surface area (Å²) in [6.45, 7) is 0. The van der Waals surface area contributed by atoms with Gasteiger partial charge in [-0.15, -0.1) is 0 Å². The molecule has 0 fully saturated rings. The van der Waals surface area contributed by atoms with Crippen molar-refractivity contribution in [3.05, 3.63) is 104 Å². The molecule has 0 amide bonds. The van der Waals surface area contributed by atoms with Crippen molar-refractivity contribution < 1.29 is 28.8 Å². The summed E-state index contributed by atoms with van der Waals surface area (Å²) >= 11 is 0. The van der Waals surface area contributed by atoms with Gasteiger partial charge in [-0.1, -0.05) is 0 Å². The van der Waals surface area contributed by atoms with Gasteiger partial charge in [-0.3, -0.25) is 0 Å². The van der Waals surface area contributed by atoms with Crippen LogP contribution in [0.2, 0.25) is 0 Å². The highest BCUT2D eigenvalue weighted by Gasteiger charge is 1.79. The molecule has 0 spiro atoms. The van der Waals surface area contributed by atoms with Crippen LogP contribution in [0.1, 0.15) is 0 Å². The first kappa shape index (κ1) is 22.1. The molecule has 0 radical (unpaired) electrons. The van der Waals surface area contributed by atoms with E-state index in [0.29, 0.717) is 0 Å². The number of rotatable bonds is 0. The smallest absolute Gasteiger partial charge is 0.143 e. The Hall–Kier alpha value is -5.94. The van der Waals surface area contributed by atoms with Gasteiger partial charge in [0, 0.05) is 0 Å². The molecule has 0 atom stereocenters. The normalized spacial score (nSPS) is 6.40. The third-order valence-electron chi connectivity index (χ3n) is 2.67. The van der Waals surface area contributed by atoms with Gasteiger partial charge >= 0.3 is 0 Å². The van der Waals surface area contributed by atoms with Gasteiger partial charge in [0.05, 0.1) is 0 Å². The van der Waals surface area contributed by atoms with Crippen molar-refractivity contribution in [1.29, 1.82) is 0 Å². The van der Waals surface area contributed by atoms with Crippen molar-refractivity contribution in [2.75, 3.05) is 0 Å². The molecule has 0 N–H and O–H groups in total. The standard InChI is InChI=1S/C24O6/c25-13-19-7-1-2-8-20(14-26)22(16-28)10-5-6-12-24(18-30)23(17-29)11-4-3-9-21(19)15-27. The Morgan fingerprint density at radius 2 is 0.433 bits per heavy atom. The second kappa shape index (κ2) is 12.4. The molecule has 30 heavy (non-hydrogen) atoms. The molecule has 1 aromatic rings. The van der Waals surface area contributed by atoms with Gasteiger partial charge in [0.2, 0.25) is 0 Å². The van der Waals surface area contributed by atoms with Crippen molar-refractivity contribution in [3.8, 4) is 0 Å². The maximum atomic E-state index is 11.0. The molecular formula is C24O6. The lowest BCUT2D eigenvalue weighted by molar-refractivity contribution is 0.564. The van der Waals surface area contributed by atoms with E-state index in [1.165, 1.54) is 35.6 Å². The highest BCUT2D eigenvalue weighted by atomic mass is 16.1. The van der Waals surface area contributed by atoms with Crippen molar-refractivity contribution in [3.63, 3.8) is 0 Å². The van der Waals surface area contributed by atoms with E-state index in [-0.39, 0.29) is 0 Å². The zero-order valence-corrected chi connectivity index (χ0v) is 14.4. The summed E-state index contributed by atoms with van der Waals surface area (Å²) in [5.74, 6) is 8.20. The first-order valence-corrected chi connectivity index (χ1v) is 7.22. The van der Waals surface area contributed by atoms with Crippen molar-refractivity contribution in [1.82, 2.24) is 0 Å². The summed E-state index contributed by atoms with van der Waals surface area (Å²) in [5, 5.41) is -3.07. The summed E-state index contributed by atoms with van der Waals surface area (Å²) < 4.78 is 0. The molecule has 0 heterocycles. The predicted octanol–water partition coefficient (Wildman–Crippen LogP) is -6.32. The molecule has 0 saturated carbocycles. The van der Waals surface area contributed by atoms with Crippen LogP contribution >= 0.6 is 0 Å². The molecule has 6 heteroatoms. The highest BCUT2D eigenvalue weighted by Crippen LogP contribution is 1.42. The van der Waals surface area contributed by atoms with E-state index >= 15 is 0 Å². The Morgan fingerprint density at radius 3 is 0.533 bits per heavy atom. The fourth-order valence-corrected chi connectivity index (χ4v) is 1.40. The quantitative estimate of drug-likeness (QED) is 0.441. The lowest BCUT2D eigenvalue weighted by Gasteiger charge is -1.61. The van der Waals surface area contributed by atoms with Crippen molar-refractivity contribution in [2.45, 2.75) is 0 Å². The summed E-state index contributed by atoms with van der Waals surface area (Å²) in [7, 11) is 0. The number of hydrogen-bond donors (Lipinski definition) is 0. The van der Waals surface area contributed by atoms with Crippen LogP contribution in [0.5, 0.6) is 0 Å². The van der Waals surface area contributed by atoms with Crippen LogP contribution in [0.15, 0.2) is 0 Å². The lowest BCUT2D eigenvalue weighted by atomic mass is 10.4. The second-order valence-electron chi connectivity index (χ2n) is 4.36. The van der Waals surface area contributed by atoms with Crippen LogP contribution in [0.4, 0.5) is 0 Å². The second-order valence-corrected chi connectivity index (χ2v) is 4.36. The Kier molecular flexibility index (Phi) is 9.15. The van der Waals surface area contributed by atoms with Gasteiger partial charge in [0.15, 0.2) is 0 Å². The van der Waals surface area contributed by atoms with Crippen LogP contribution in [-0.4, -0.2) is 35.6 Å². The summed E-state index contributed by atoms with van der Waals surface area (Å²) in [5.41, 5.74) is 0.